The molecule has 4 aromatic heterocycles. The number of pyridine rings is 1. The molecule has 4 rings (SSSR count). The van der Waals surface area contributed by atoms with Gasteiger partial charge >= 0.3 is 0 Å². The van der Waals surface area contributed by atoms with Crippen LogP contribution in [0.4, 0.5) is 5.13 Å². The summed E-state index contributed by atoms with van der Waals surface area (Å²) in [5.41, 5.74) is 2.90. The fourth-order valence-electron chi connectivity index (χ4n) is 2.68. The second-order valence-corrected chi connectivity index (χ2v) is 8.11. The fraction of sp³-hybridized carbons (Fsp3) is 0.150. The Morgan fingerprint density at radius 2 is 1.93 bits per heavy atom. The Hall–Kier alpha value is -3.37. The third kappa shape index (κ3) is 4.78. The van der Waals surface area contributed by atoms with Crippen LogP contribution in [0.2, 0.25) is 0 Å². The minimum Gasteiger partial charge on any atom is -0.469 e. The van der Waals surface area contributed by atoms with E-state index in [2.05, 4.69) is 25.6 Å². The molecule has 2 amide bonds. The molecule has 0 aliphatic rings. The van der Waals surface area contributed by atoms with Crippen LogP contribution in [-0.2, 0) is 17.8 Å². The summed E-state index contributed by atoms with van der Waals surface area (Å²) < 4.78 is 5.13. The molecular formula is C20H17N5O3S2. The molecule has 152 valence electrons. The van der Waals surface area contributed by atoms with Gasteiger partial charge in [-0.05, 0) is 25.1 Å². The highest BCUT2D eigenvalue weighted by Gasteiger charge is 2.14. The van der Waals surface area contributed by atoms with E-state index in [0.29, 0.717) is 28.7 Å². The molecule has 0 saturated heterocycles. The van der Waals surface area contributed by atoms with Crippen LogP contribution in [0.1, 0.15) is 26.8 Å². The Balaban J connectivity index is 1.28. The second kappa shape index (κ2) is 8.97. The summed E-state index contributed by atoms with van der Waals surface area (Å²) in [5, 5.41) is 10.5. The van der Waals surface area contributed by atoms with Gasteiger partial charge in [0.25, 0.3) is 5.91 Å². The van der Waals surface area contributed by atoms with Crippen molar-refractivity contribution in [3.8, 4) is 11.3 Å². The SMILES string of the molecule is Cc1occc1C(=O)Nc1nc(CC(=O)NCc2nc(-c3ccncc3)cs2)cs1. The first-order valence-electron chi connectivity index (χ1n) is 9.00. The van der Waals surface area contributed by atoms with Crippen molar-refractivity contribution in [3.63, 3.8) is 0 Å². The third-order valence-corrected chi connectivity index (χ3v) is 5.84. The standard InChI is InChI=1S/C20H17N5O3S2/c1-12-15(4-7-28-12)19(27)25-20-23-14(10-30-20)8-17(26)22-9-18-24-16(11-29-18)13-2-5-21-6-3-13/h2-7,10-11H,8-9H2,1H3,(H,22,26)(H,23,25,27). The molecule has 30 heavy (non-hydrogen) atoms. The van der Waals surface area contributed by atoms with Crippen LogP contribution in [0.15, 0.2) is 52.0 Å². The van der Waals surface area contributed by atoms with Crippen LogP contribution >= 0.6 is 22.7 Å². The topological polar surface area (TPSA) is 110 Å². The van der Waals surface area contributed by atoms with Crippen molar-refractivity contribution >= 4 is 39.6 Å². The van der Waals surface area contributed by atoms with Crippen molar-refractivity contribution in [2.45, 2.75) is 19.9 Å². The number of hydrogen-bond acceptors (Lipinski definition) is 8. The highest BCUT2D eigenvalue weighted by molar-refractivity contribution is 7.14. The van der Waals surface area contributed by atoms with E-state index in [1.165, 1.54) is 28.9 Å². The Bertz CT molecular complexity index is 1170. The van der Waals surface area contributed by atoms with Crippen molar-refractivity contribution in [3.05, 3.63) is 69.6 Å². The molecule has 8 nitrogen and oxygen atoms in total. The number of thiazole rings is 2. The molecular weight excluding hydrogens is 422 g/mol. The van der Waals surface area contributed by atoms with E-state index >= 15 is 0 Å². The lowest BCUT2D eigenvalue weighted by atomic mass is 10.2. The van der Waals surface area contributed by atoms with Gasteiger partial charge < -0.3 is 9.73 Å². The molecule has 0 unspecified atom stereocenters. The summed E-state index contributed by atoms with van der Waals surface area (Å²) in [6, 6.07) is 5.39. The van der Waals surface area contributed by atoms with E-state index in [9.17, 15) is 9.59 Å². The van der Waals surface area contributed by atoms with Gasteiger partial charge in [-0.3, -0.25) is 19.9 Å². The Morgan fingerprint density at radius 3 is 2.70 bits per heavy atom. The predicted molar refractivity (Wildman–Crippen MR) is 114 cm³/mol. The molecule has 10 heteroatoms. The molecule has 0 atom stereocenters. The molecule has 4 aromatic rings. The second-order valence-electron chi connectivity index (χ2n) is 6.30. The quantitative estimate of drug-likeness (QED) is 0.455. The summed E-state index contributed by atoms with van der Waals surface area (Å²) in [4.78, 5) is 37.3. The smallest absolute Gasteiger partial charge is 0.260 e. The normalized spacial score (nSPS) is 10.7. The summed E-state index contributed by atoms with van der Waals surface area (Å²) in [5.74, 6) is 0.0859. The first-order valence-corrected chi connectivity index (χ1v) is 10.8. The molecule has 0 aliphatic heterocycles. The number of aryl methyl sites for hydroxylation is 1. The zero-order valence-corrected chi connectivity index (χ0v) is 17.5. The average molecular weight is 440 g/mol. The molecule has 0 aromatic carbocycles. The molecule has 2 N–H and O–H groups in total. The van der Waals surface area contributed by atoms with Crippen molar-refractivity contribution in [1.29, 1.82) is 0 Å². The summed E-state index contributed by atoms with van der Waals surface area (Å²) in [7, 11) is 0. The molecule has 0 saturated carbocycles. The molecule has 0 fully saturated rings. The maximum Gasteiger partial charge on any atom is 0.260 e. The van der Waals surface area contributed by atoms with E-state index in [0.717, 1.165) is 16.3 Å². The van der Waals surface area contributed by atoms with Gasteiger partial charge in [-0.2, -0.15) is 0 Å². The maximum absolute atomic E-state index is 12.2. The van der Waals surface area contributed by atoms with E-state index in [4.69, 9.17) is 4.42 Å². The van der Waals surface area contributed by atoms with Gasteiger partial charge in [-0.25, -0.2) is 9.97 Å². The largest absolute Gasteiger partial charge is 0.469 e. The van der Waals surface area contributed by atoms with Gasteiger partial charge in [0, 0.05) is 28.7 Å². The number of rotatable bonds is 7. The Kier molecular flexibility index (Phi) is 5.96. The third-order valence-electron chi connectivity index (χ3n) is 4.18. The van der Waals surface area contributed by atoms with Gasteiger partial charge in [0.05, 0.1) is 36.2 Å². The number of nitrogens with zero attached hydrogens (tertiary/aromatic N) is 3. The number of furan rings is 1. The molecule has 0 radical (unpaired) electrons. The number of hydrogen-bond donors (Lipinski definition) is 2. The lowest BCUT2D eigenvalue weighted by molar-refractivity contribution is -0.120. The van der Waals surface area contributed by atoms with Crippen LogP contribution in [-0.4, -0.2) is 26.8 Å². The Labute approximate surface area is 180 Å². The summed E-state index contributed by atoms with van der Waals surface area (Å²) in [6.45, 7) is 2.07. The zero-order chi connectivity index (χ0) is 20.9. The monoisotopic (exact) mass is 439 g/mol. The van der Waals surface area contributed by atoms with E-state index < -0.39 is 0 Å². The molecule has 0 spiro atoms. The lowest BCUT2D eigenvalue weighted by Crippen LogP contribution is -2.24. The number of carbonyl (C=O) groups excluding carboxylic acids is 2. The predicted octanol–water partition coefficient (Wildman–Crippen LogP) is 3.67. The number of amides is 2. The molecule has 0 bridgehead atoms. The first kappa shape index (κ1) is 19.9. The van der Waals surface area contributed by atoms with Gasteiger partial charge in [0.1, 0.15) is 10.8 Å². The summed E-state index contributed by atoms with van der Waals surface area (Å²) >= 11 is 2.76. The van der Waals surface area contributed by atoms with E-state index in [1.807, 2.05) is 17.5 Å². The lowest BCUT2D eigenvalue weighted by Gasteiger charge is -2.02. The molecule has 0 aliphatic carbocycles. The van der Waals surface area contributed by atoms with Crippen LogP contribution in [0.5, 0.6) is 0 Å². The minimum absolute atomic E-state index is 0.125. The Morgan fingerprint density at radius 1 is 1.10 bits per heavy atom. The number of aromatic nitrogens is 3. The van der Waals surface area contributed by atoms with Crippen LogP contribution in [0.25, 0.3) is 11.3 Å². The van der Waals surface area contributed by atoms with Gasteiger partial charge in [-0.15, -0.1) is 22.7 Å². The van der Waals surface area contributed by atoms with Crippen molar-refractivity contribution in [2.75, 3.05) is 5.32 Å². The number of nitrogens with one attached hydrogen (secondary N) is 2. The van der Waals surface area contributed by atoms with E-state index in [-0.39, 0.29) is 18.2 Å². The van der Waals surface area contributed by atoms with Gasteiger partial charge in [-0.1, -0.05) is 0 Å². The first-order chi connectivity index (χ1) is 14.6. The number of carbonyl (C=O) groups is 2. The van der Waals surface area contributed by atoms with Gasteiger partial charge in [0.2, 0.25) is 5.91 Å². The fourth-order valence-corrected chi connectivity index (χ4v) is 4.13. The van der Waals surface area contributed by atoms with E-state index in [1.54, 1.807) is 30.8 Å². The number of anilines is 1. The van der Waals surface area contributed by atoms with Crippen LogP contribution in [0, 0.1) is 6.92 Å². The molecule has 4 heterocycles. The highest BCUT2D eigenvalue weighted by Crippen LogP contribution is 2.21. The van der Waals surface area contributed by atoms with Crippen LogP contribution in [0.3, 0.4) is 0 Å². The van der Waals surface area contributed by atoms with Crippen molar-refractivity contribution in [1.82, 2.24) is 20.3 Å². The van der Waals surface area contributed by atoms with Crippen molar-refractivity contribution < 1.29 is 14.0 Å². The highest BCUT2D eigenvalue weighted by atomic mass is 32.1. The van der Waals surface area contributed by atoms with Crippen LogP contribution < -0.4 is 10.6 Å². The van der Waals surface area contributed by atoms with Gasteiger partial charge in [0.15, 0.2) is 5.13 Å². The average Bonchev–Trinajstić information content (AvgIpc) is 3.48. The maximum atomic E-state index is 12.2. The summed E-state index contributed by atoms with van der Waals surface area (Å²) in [6.07, 6.45) is 5.03. The zero-order valence-electron chi connectivity index (χ0n) is 15.9. The minimum atomic E-state index is -0.291. The van der Waals surface area contributed by atoms with Crippen molar-refractivity contribution in [2.24, 2.45) is 0 Å².